The molecule has 1 heterocycles. The van der Waals surface area contributed by atoms with E-state index in [0.29, 0.717) is 0 Å². The minimum absolute atomic E-state index is 0.273. The zero-order chi connectivity index (χ0) is 13.0. The van der Waals surface area contributed by atoms with Crippen LogP contribution in [-0.4, -0.2) is 38.2 Å². The fourth-order valence-electron chi connectivity index (χ4n) is 2.32. The van der Waals surface area contributed by atoms with Crippen molar-refractivity contribution in [3.8, 4) is 5.75 Å². The molecule has 0 unspecified atom stereocenters. The molecule has 2 rings (SSSR count). The molecule has 1 atom stereocenters. The van der Waals surface area contributed by atoms with Gasteiger partial charge in [-0.2, -0.15) is 0 Å². The monoisotopic (exact) mass is 310 g/mol. The molecule has 4 heteroatoms. The maximum Gasteiger partial charge on any atom is 0.133 e. The normalized spacial score (nSPS) is 18.3. The molecular weight excluding hydrogens is 292 g/mol. The first-order chi connectivity index (χ1) is 8.76. The van der Waals surface area contributed by atoms with Crippen molar-refractivity contribution in [2.24, 2.45) is 0 Å². The molecule has 0 aliphatic carbocycles. The number of nitrogens with zero attached hydrogens (tertiary/aromatic N) is 1. The molecule has 1 N–H and O–H groups in total. The molecule has 0 aromatic heterocycles. The Bertz CT molecular complexity index is 416. The average Bonchev–Trinajstić information content (AvgIpc) is 2.41. The van der Waals surface area contributed by atoms with Gasteiger partial charge in [0.2, 0.25) is 0 Å². The van der Waals surface area contributed by atoms with Crippen LogP contribution in [0.3, 0.4) is 0 Å². The summed E-state index contributed by atoms with van der Waals surface area (Å²) in [5.41, 5.74) is 1.25. The van der Waals surface area contributed by atoms with Gasteiger partial charge in [-0.05, 0) is 33.6 Å². The zero-order valence-electron chi connectivity index (χ0n) is 10.7. The van der Waals surface area contributed by atoms with E-state index in [1.54, 1.807) is 7.11 Å². The lowest BCUT2D eigenvalue weighted by Gasteiger charge is -2.33. The highest BCUT2D eigenvalue weighted by Crippen LogP contribution is 2.30. The van der Waals surface area contributed by atoms with Gasteiger partial charge in [-0.15, -0.1) is 6.58 Å². The lowest BCUT2D eigenvalue weighted by molar-refractivity contribution is 0.203. The van der Waals surface area contributed by atoms with Crippen LogP contribution in [0, 0.1) is 0 Å². The van der Waals surface area contributed by atoms with Gasteiger partial charge < -0.3 is 10.1 Å². The molecule has 0 bridgehead atoms. The van der Waals surface area contributed by atoms with Crippen LogP contribution in [-0.2, 0) is 0 Å². The summed E-state index contributed by atoms with van der Waals surface area (Å²) in [5.74, 6) is 0.863. The van der Waals surface area contributed by atoms with E-state index in [-0.39, 0.29) is 6.04 Å². The Kier molecular flexibility index (Phi) is 4.80. The Morgan fingerprint density at radius 3 is 2.72 bits per heavy atom. The Morgan fingerprint density at radius 2 is 2.17 bits per heavy atom. The second-order valence-corrected chi connectivity index (χ2v) is 5.21. The van der Waals surface area contributed by atoms with Gasteiger partial charge >= 0.3 is 0 Å². The predicted octanol–water partition coefficient (Wildman–Crippen LogP) is 2.59. The number of nitrogens with one attached hydrogen (secondary N) is 1. The highest BCUT2D eigenvalue weighted by Gasteiger charge is 2.19. The van der Waals surface area contributed by atoms with Crippen molar-refractivity contribution in [3.63, 3.8) is 0 Å². The second kappa shape index (κ2) is 6.36. The predicted molar refractivity (Wildman–Crippen MR) is 78.1 cm³/mol. The number of ether oxygens (including phenoxy) is 1. The topological polar surface area (TPSA) is 24.5 Å². The molecule has 18 heavy (non-hydrogen) atoms. The van der Waals surface area contributed by atoms with Crippen molar-refractivity contribution in [2.75, 3.05) is 33.3 Å². The van der Waals surface area contributed by atoms with E-state index in [0.717, 1.165) is 36.4 Å². The van der Waals surface area contributed by atoms with Gasteiger partial charge in [0.25, 0.3) is 0 Å². The standard InChI is InChI=1S/C14H19BrN2O/c1-3-13(17-8-6-16-7-9-17)11-4-5-14(18-2)12(15)10-11/h3-5,10,13,16H,1,6-9H2,2H3/t13-/m1/s1. The number of hydrogen-bond donors (Lipinski definition) is 1. The lowest BCUT2D eigenvalue weighted by Crippen LogP contribution is -2.44. The molecule has 0 radical (unpaired) electrons. The lowest BCUT2D eigenvalue weighted by atomic mass is 10.0. The van der Waals surface area contributed by atoms with Crippen molar-refractivity contribution in [1.82, 2.24) is 10.2 Å². The van der Waals surface area contributed by atoms with Gasteiger partial charge in [0.15, 0.2) is 0 Å². The van der Waals surface area contributed by atoms with Crippen LogP contribution < -0.4 is 10.1 Å². The molecule has 3 nitrogen and oxygen atoms in total. The first-order valence-electron chi connectivity index (χ1n) is 6.17. The average molecular weight is 311 g/mol. The van der Waals surface area contributed by atoms with Crippen molar-refractivity contribution < 1.29 is 4.74 Å². The summed E-state index contributed by atoms with van der Waals surface area (Å²) < 4.78 is 6.25. The quantitative estimate of drug-likeness (QED) is 0.865. The maximum atomic E-state index is 5.26. The van der Waals surface area contributed by atoms with Crippen LogP contribution in [0.5, 0.6) is 5.75 Å². The number of rotatable bonds is 4. The maximum absolute atomic E-state index is 5.26. The summed E-state index contributed by atoms with van der Waals surface area (Å²) in [6.07, 6.45) is 2.01. The molecule has 0 spiro atoms. The minimum atomic E-state index is 0.273. The molecular formula is C14H19BrN2O. The number of hydrogen-bond acceptors (Lipinski definition) is 3. The first-order valence-corrected chi connectivity index (χ1v) is 6.96. The summed E-state index contributed by atoms with van der Waals surface area (Å²) in [4.78, 5) is 2.44. The fraction of sp³-hybridized carbons (Fsp3) is 0.429. The Balaban J connectivity index is 2.21. The zero-order valence-corrected chi connectivity index (χ0v) is 12.2. The second-order valence-electron chi connectivity index (χ2n) is 4.36. The Labute approximate surface area is 117 Å². The molecule has 0 amide bonds. The van der Waals surface area contributed by atoms with E-state index in [1.165, 1.54) is 5.56 Å². The van der Waals surface area contributed by atoms with Crippen LogP contribution in [0.1, 0.15) is 11.6 Å². The summed E-state index contributed by atoms with van der Waals surface area (Å²) >= 11 is 3.54. The third kappa shape index (κ3) is 2.94. The number of benzene rings is 1. The molecule has 1 aliphatic heterocycles. The molecule has 0 saturated carbocycles. The molecule has 1 aromatic rings. The van der Waals surface area contributed by atoms with Gasteiger partial charge in [0.05, 0.1) is 17.6 Å². The molecule has 1 aromatic carbocycles. The van der Waals surface area contributed by atoms with E-state index < -0.39 is 0 Å². The summed E-state index contributed by atoms with van der Waals surface area (Å²) in [6, 6.07) is 6.50. The molecule has 1 aliphatic rings. The Morgan fingerprint density at radius 1 is 1.44 bits per heavy atom. The van der Waals surface area contributed by atoms with Crippen LogP contribution in [0.4, 0.5) is 0 Å². The van der Waals surface area contributed by atoms with E-state index >= 15 is 0 Å². The largest absolute Gasteiger partial charge is 0.496 e. The van der Waals surface area contributed by atoms with E-state index in [1.807, 2.05) is 12.1 Å². The number of methoxy groups -OCH3 is 1. The van der Waals surface area contributed by atoms with Crippen LogP contribution in [0.15, 0.2) is 35.3 Å². The smallest absolute Gasteiger partial charge is 0.133 e. The van der Waals surface area contributed by atoms with Gasteiger partial charge in [-0.1, -0.05) is 12.1 Å². The molecule has 1 saturated heterocycles. The highest BCUT2D eigenvalue weighted by molar-refractivity contribution is 9.10. The minimum Gasteiger partial charge on any atom is -0.496 e. The van der Waals surface area contributed by atoms with Gasteiger partial charge in [0, 0.05) is 26.2 Å². The van der Waals surface area contributed by atoms with Gasteiger partial charge in [0.1, 0.15) is 5.75 Å². The van der Waals surface area contributed by atoms with E-state index in [9.17, 15) is 0 Å². The number of piperazine rings is 1. The SMILES string of the molecule is C=C[C@H](c1ccc(OC)c(Br)c1)N1CCNCC1. The van der Waals surface area contributed by atoms with Crippen LogP contribution >= 0.6 is 15.9 Å². The van der Waals surface area contributed by atoms with E-state index in [4.69, 9.17) is 4.74 Å². The van der Waals surface area contributed by atoms with E-state index in [2.05, 4.69) is 44.9 Å². The van der Waals surface area contributed by atoms with Gasteiger partial charge in [-0.25, -0.2) is 0 Å². The van der Waals surface area contributed by atoms with Gasteiger partial charge in [-0.3, -0.25) is 4.90 Å². The van der Waals surface area contributed by atoms with Crippen molar-refractivity contribution in [3.05, 3.63) is 40.9 Å². The third-order valence-electron chi connectivity index (χ3n) is 3.29. The molecule has 1 fully saturated rings. The fourth-order valence-corrected chi connectivity index (χ4v) is 2.88. The van der Waals surface area contributed by atoms with Crippen molar-refractivity contribution in [2.45, 2.75) is 6.04 Å². The summed E-state index contributed by atoms with van der Waals surface area (Å²) in [7, 11) is 1.68. The summed E-state index contributed by atoms with van der Waals surface area (Å²) in [5, 5.41) is 3.37. The number of halogens is 1. The first kappa shape index (κ1) is 13.6. The third-order valence-corrected chi connectivity index (χ3v) is 3.91. The summed E-state index contributed by atoms with van der Waals surface area (Å²) in [6.45, 7) is 8.17. The van der Waals surface area contributed by atoms with Crippen LogP contribution in [0.2, 0.25) is 0 Å². The van der Waals surface area contributed by atoms with Crippen LogP contribution in [0.25, 0.3) is 0 Å². The van der Waals surface area contributed by atoms with Crippen molar-refractivity contribution >= 4 is 15.9 Å². The Hall–Kier alpha value is -0.840. The molecule has 98 valence electrons. The highest BCUT2D eigenvalue weighted by atomic mass is 79.9. The van der Waals surface area contributed by atoms with Crippen molar-refractivity contribution in [1.29, 1.82) is 0 Å².